The van der Waals surface area contributed by atoms with Crippen LogP contribution in [0.3, 0.4) is 0 Å². The van der Waals surface area contributed by atoms with Crippen LogP contribution in [0.1, 0.15) is 39.1 Å². The van der Waals surface area contributed by atoms with Crippen molar-refractivity contribution in [2.24, 2.45) is 5.92 Å². The van der Waals surface area contributed by atoms with Crippen LogP contribution in [-0.2, 0) is 17.8 Å². The minimum absolute atomic E-state index is 0.0630. The monoisotopic (exact) mass is 515 g/mol. The molecule has 8 heteroatoms. The summed E-state index contributed by atoms with van der Waals surface area (Å²) in [4.78, 5) is 40.3. The van der Waals surface area contributed by atoms with Gasteiger partial charge >= 0.3 is 11.7 Å². The van der Waals surface area contributed by atoms with E-state index in [4.69, 9.17) is 4.74 Å². The van der Waals surface area contributed by atoms with Gasteiger partial charge in [-0.2, -0.15) is 0 Å². The Labute approximate surface area is 220 Å². The SMILES string of the molecule is COC(=O)c1ccc(Cn2c(=O)n(CCN3CCC(C(=O)c4ccc(F)cc4)CC3)c3ccccc32)cc1. The van der Waals surface area contributed by atoms with Crippen LogP contribution in [0.2, 0.25) is 0 Å². The standard InChI is InChI=1S/C30H30FN3O4/c1-38-29(36)24-8-6-21(7-9-24)20-34-27-5-3-2-4-26(27)33(30(34)37)19-18-32-16-14-23(15-17-32)28(35)22-10-12-25(31)13-11-22/h2-13,23H,14-20H2,1H3. The summed E-state index contributed by atoms with van der Waals surface area (Å²) in [5, 5.41) is 0. The largest absolute Gasteiger partial charge is 0.465 e. The average molecular weight is 516 g/mol. The second-order valence-electron chi connectivity index (χ2n) is 9.68. The number of esters is 1. The lowest BCUT2D eigenvalue weighted by molar-refractivity contribution is 0.0600. The van der Waals surface area contributed by atoms with Gasteiger partial charge in [-0.25, -0.2) is 14.0 Å². The lowest BCUT2D eigenvalue weighted by atomic mass is 9.89. The molecule has 1 aliphatic heterocycles. The Morgan fingerprint density at radius 2 is 1.45 bits per heavy atom. The van der Waals surface area contributed by atoms with Crippen molar-refractivity contribution in [3.63, 3.8) is 0 Å². The maximum Gasteiger partial charge on any atom is 0.337 e. The van der Waals surface area contributed by atoms with Crippen LogP contribution in [0.15, 0.2) is 77.6 Å². The number of benzene rings is 3. The van der Waals surface area contributed by atoms with Gasteiger partial charge in [0.1, 0.15) is 5.82 Å². The first-order valence-corrected chi connectivity index (χ1v) is 12.8. The van der Waals surface area contributed by atoms with E-state index in [1.54, 1.807) is 28.8 Å². The summed E-state index contributed by atoms with van der Waals surface area (Å²) in [5.41, 5.74) is 3.60. The van der Waals surface area contributed by atoms with Crippen molar-refractivity contribution in [1.29, 1.82) is 0 Å². The number of imidazole rings is 1. The van der Waals surface area contributed by atoms with Crippen molar-refractivity contribution in [3.05, 3.63) is 106 Å². The van der Waals surface area contributed by atoms with E-state index in [0.717, 1.165) is 42.5 Å². The number of carbonyl (C=O) groups is 2. The number of aromatic nitrogens is 2. The van der Waals surface area contributed by atoms with E-state index >= 15 is 0 Å². The number of hydrogen-bond acceptors (Lipinski definition) is 5. The fourth-order valence-electron chi connectivity index (χ4n) is 5.20. The van der Waals surface area contributed by atoms with Gasteiger partial charge in [-0.05, 0) is 80.0 Å². The van der Waals surface area contributed by atoms with Crippen LogP contribution in [0.4, 0.5) is 4.39 Å². The number of carbonyl (C=O) groups excluding carboxylic acids is 2. The van der Waals surface area contributed by atoms with Crippen molar-refractivity contribution in [2.75, 3.05) is 26.7 Å². The molecule has 1 fully saturated rings. The van der Waals surface area contributed by atoms with Crippen LogP contribution in [-0.4, -0.2) is 52.5 Å². The predicted molar refractivity (Wildman–Crippen MR) is 143 cm³/mol. The molecule has 0 radical (unpaired) electrons. The van der Waals surface area contributed by atoms with Crippen LogP contribution in [0, 0.1) is 11.7 Å². The molecule has 7 nitrogen and oxygen atoms in total. The smallest absolute Gasteiger partial charge is 0.337 e. The number of ketones is 1. The molecular weight excluding hydrogens is 485 g/mol. The van der Waals surface area contributed by atoms with E-state index in [1.807, 2.05) is 41.0 Å². The molecule has 0 unspecified atom stereocenters. The molecule has 0 saturated carbocycles. The molecule has 0 bridgehead atoms. The van der Waals surface area contributed by atoms with Crippen LogP contribution in [0.25, 0.3) is 11.0 Å². The number of methoxy groups -OCH3 is 1. The first-order chi connectivity index (χ1) is 18.4. The number of ether oxygens (including phenoxy) is 1. The van der Waals surface area contributed by atoms with E-state index in [1.165, 1.54) is 19.2 Å². The topological polar surface area (TPSA) is 73.5 Å². The van der Waals surface area contributed by atoms with Gasteiger partial charge < -0.3 is 9.64 Å². The van der Waals surface area contributed by atoms with Crippen molar-refractivity contribution in [3.8, 4) is 0 Å². The Morgan fingerprint density at radius 1 is 0.842 bits per heavy atom. The van der Waals surface area contributed by atoms with Gasteiger partial charge in [0.25, 0.3) is 0 Å². The highest BCUT2D eigenvalue weighted by atomic mass is 19.1. The van der Waals surface area contributed by atoms with E-state index in [9.17, 15) is 18.8 Å². The van der Waals surface area contributed by atoms with E-state index in [0.29, 0.717) is 30.8 Å². The number of rotatable bonds is 8. The summed E-state index contributed by atoms with van der Waals surface area (Å²) in [7, 11) is 1.35. The Morgan fingerprint density at radius 3 is 2.08 bits per heavy atom. The van der Waals surface area contributed by atoms with E-state index < -0.39 is 5.97 Å². The molecule has 3 aromatic carbocycles. The Hall–Kier alpha value is -4.04. The van der Waals surface area contributed by atoms with Crippen molar-refractivity contribution in [2.45, 2.75) is 25.9 Å². The van der Waals surface area contributed by atoms with Crippen LogP contribution >= 0.6 is 0 Å². The molecular formula is C30H30FN3O4. The molecule has 0 N–H and O–H groups in total. The summed E-state index contributed by atoms with van der Waals surface area (Å²) in [5.74, 6) is -0.728. The summed E-state index contributed by atoms with van der Waals surface area (Å²) in [6, 6.07) is 20.6. The molecule has 5 rings (SSSR count). The normalized spacial score (nSPS) is 14.6. The quantitative estimate of drug-likeness (QED) is 0.257. The zero-order chi connectivity index (χ0) is 26.6. The first-order valence-electron chi connectivity index (χ1n) is 12.8. The van der Waals surface area contributed by atoms with Gasteiger partial charge in [-0.15, -0.1) is 0 Å². The van der Waals surface area contributed by atoms with Gasteiger partial charge in [0.2, 0.25) is 0 Å². The van der Waals surface area contributed by atoms with E-state index in [-0.39, 0.29) is 23.2 Å². The van der Waals surface area contributed by atoms with Gasteiger partial charge in [0.05, 0.1) is 30.3 Å². The second kappa shape index (κ2) is 11.1. The molecule has 0 amide bonds. The summed E-state index contributed by atoms with van der Waals surface area (Å²) < 4.78 is 21.5. The fourth-order valence-corrected chi connectivity index (χ4v) is 5.20. The molecule has 2 heterocycles. The lowest BCUT2D eigenvalue weighted by Crippen LogP contribution is -2.39. The molecule has 1 saturated heterocycles. The van der Waals surface area contributed by atoms with Crippen LogP contribution in [0.5, 0.6) is 0 Å². The molecule has 38 heavy (non-hydrogen) atoms. The van der Waals surface area contributed by atoms with Gasteiger partial charge in [0, 0.05) is 24.6 Å². The van der Waals surface area contributed by atoms with Crippen molar-refractivity contribution < 1.29 is 18.7 Å². The van der Waals surface area contributed by atoms with Crippen LogP contribution < -0.4 is 5.69 Å². The van der Waals surface area contributed by atoms with Gasteiger partial charge in [-0.1, -0.05) is 24.3 Å². The Bertz CT molecular complexity index is 1500. The predicted octanol–water partition coefficient (Wildman–Crippen LogP) is 4.37. The highest BCUT2D eigenvalue weighted by molar-refractivity contribution is 5.97. The number of hydrogen-bond donors (Lipinski definition) is 0. The molecule has 0 aliphatic carbocycles. The first kappa shape index (κ1) is 25.6. The molecule has 0 atom stereocenters. The van der Waals surface area contributed by atoms with Gasteiger partial charge in [-0.3, -0.25) is 13.9 Å². The highest BCUT2D eigenvalue weighted by Crippen LogP contribution is 2.22. The molecule has 1 aliphatic rings. The second-order valence-corrected chi connectivity index (χ2v) is 9.68. The summed E-state index contributed by atoms with van der Waals surface area (Å²) >= 11 is 0. The zero-order valence-corrected chi connectivity index (χ0v) is 21.3. The summed E-state index contributed by atoms with van der Waals surface area (Å²) in [6.45, 7) is 3.20. The molecule has 4 aromatic rings. The van der Waals surface area contributed by atoms with E-state index in [2.05, 4.69) is 4.90 Å². The molecule has 0 spiro atoms. The third-order valence-corrected chi connectivity index (χ3v) is 7.37. The number of likely N-dealkylation sites (tertiary alicyclic amines) is 1. The zero-order valence-electron chi connectivity index (χ0n) is 21.3. The third-order valence-electron chi connectivity index (χ3n) is 7.37. The fraction of sp³-hybridized carbons (Fsp3) is 0.300. The summed E-state index contributed by atoms with van der Waals surface area (Å²) in [6.07, 6.45) is 1.49. The molecule has 1 aromatic heterocycles. The lowest BCUT2D eigenvalue weighted by Gasteiger charge is -2.31. The highest BCUT2D eigenvalue weighted by Gasteiger charge is 2.26. The minimum atomic E-state index is -0.394. The number of fused-ring (bicyclic) bond motifs is 1. The minimum Gasteiger partial charge on any atom is -0.465 e. The Kier molecular flexibility index (Phi) is 7.51. The number of nitrogens with zero attached hydrogens (tertiary/aromatic N) is 3. The number of piperidine rings is 1. The van der Waals surface area contributed by atoms with Gasteiger partial charge in [0.15, 0.2) is 5.78 Å². The Balaban J connectivity index is 1.25. The molecule has 196 valence electrons. The maximum atomic E-state index is 13.5. The average Bonchev–Trinajstić information content (AvgIpc) is 3.22. The number of para-hydroxylation sites is 2. The maximum absolute atomic E-state index is 13.5. The van der Waals surface area contributed by atoms with Crippen molar-refractivity contribution >= 4 is 22.8 Å². The number of Topliss-reactive ketones (excluding diaryl/α,β-unsaturated/α-hetero) is 1. The number of halogens is 1. The third kappa shape index (κ3) is 5.31. The van der Waals surface area contributed by atoms with Crippen molar-refractivity contribution in [1.82, 2.24) is 14.0 Å².